The largest absolute Gasteiger partial charge is 0.482 e. The van der Waals surface area contributed by atoms with E-state index in [1.54, 1.807) is 6.07 Å². The summed E-state index contributed by atoms with van der Waals surface area (Å²) in [7, 11) is 0. The number of benzene rings is 3. The second-order valence-electron chi connectivity index (χ2n) is 6.87. The van der Waals surface area contributed by atoms with E-state index in [-0.39, 0.29) is 12.5 Å². The number of amides is 1. The first-order valence-corrected chi connectivity index (χ1v) is 10.0. The molecule has 0 aliphatic heterocycles. The van der Waals surface area contributed by atoms with E-state index in [2.05, 4.69) is 41.8 Å². The van der Waals surface area contributed by atoms with Gasteiger partial charge in [0.2, 0.25) is 0 Å². The SMILES string of the molecule is CCc1ccc(NCc2ccc(OCC(=O)Nc3ccc(C)cc3)c(Cl)c2)cc1. The maximum atomic E-state index is 12.1. The lowest BCUT2D eigenvalue weighted by atomic mass is 10.1. The number of hydrogen-bond acceptors (Lipinski definition) is 3. The van der Waals surface area contributed by atoms with Crippen molar-refractivity contribution in [2.24, 2.45) is 0 Å². The molecule has 0 unspecified atom stereocenters. The first kappa shape index (κ1) is 20.7. The summed E-state index contributed by atoms with van der Waals surface area (Å²) in [5, 5.41) is 6.66. The molecule has 2 N–H and O–H groups in total. The molecule has 0 saturated heterocycles. The molecule has 0 radical (unpaired) electrons. The van der Waals surface area contributed by atoms with Gasteiger partial charge in [0.15, 0.2) is 6.61 Å². The van der Waals surface area contributed by atoms with E-state index < -0.39 is 0 Å². The van der Waals surface area contributed by atoms with Crippen LogP contribution in [0.5, 0.6) is 5.75 Å². The molecule has 3 rings (SSSR count). The Morgan fingerprint density at radius 1 is 0.931 bits per heavy atom. The highest BCUT2D eigenvalue weighted by Crippen LogP contribution is 2.26. The zero-order valence-corrected chi connectivity index (χ0v) is 17.4. The van der Waals surface area contributed by atoms with Gasteiger partial charge in [-0.1, -0.05) is 54.4 Å². The molecule has 0 atom stereocenters. The first-order valence-electron chi connectivity index (χ1n) is 9.64. The number of aryl methyl sites for hydroxylation is 2. The highest BCUT2D eigenvalue weighted by molar-refractivity contribution is 6.32. The summed E-state index contributed by atoms with van der Waals surface area (Å²) in [4.78, 5) is 12.1. The quantitative estimate of drug-likeness (QED) is 0.492. The molecule has 0 heterocycles. The maximum Gasteiger partial charge on any atom is 0.262 e. The molecule has 5 heteroatoms. The van der Waals surface area contributed by atoms with E-state index in [9.17, 15) is 4.79 Å². The molecule has 0 aliphatic carbocycles. The van der Waals surface area contributed by atoms with Crippen LogP contribution in [0.25, 0.3) is 0 Å². The average molecular weight is 409 g/mol. The number of carbonyl (C=O) groups excluding carboxylic acids is 1. The fourth-order valence-electron chi connectivity index (χ4n) is 2.81. The lowest BCUT2D eigenvalue weighted by Gasteiger charge is -2.11. The Balaban J connectivity index is 1.50. The number of rotatable bonds is 8. The summed E-state index contributed by atoms with van der Waals surface area (Å²) < 4.78 is 5.57. The fraction of sp³-hybridized carbons (Fsp3) is 0.208. The van der Waals surface area contributed by atoms with Gasteiger partial charge < -0.3 is 15.4 Å². The predicted molar refractivity (Wildman–Crippen MR) is 120 cm³/mol. The highest BCUT2D eigenvalue weighted by Gasteiger charge is 2.08. The number of ether oxygens (including phenoxy) is 1. The van der Waals surface area contributed by atoms with Crippen LogP contribution in [0.2, 0.25) is 5.02 Å². The lowest BCUT2D eigenvalue weighted by molar-refractivity contribution is -0.118. The van der Waals surface area contributed by atoms with Crippen LogP contribution in [-0.4, -0.2) is 12.5 Å². The second-order valence-corrected chi connectivity index (χ2v) is 7.28. The van der Waals surface area contributed by atoms with Crippen LogP contribution < -0.4 is 15.4 Å². The summed E-state index contributed by atoms with van der Waals surface area (Å²) in [5.74, 6) is 0.257. The third-order valence-electron chi connectivity index (χ3n) is 4.55. The van der Waals surface area contributed by atoms with Crippen LogP contribution in [0, 0.1) is 6.92 Å². The van der Waals surface area contributed by atoms with E-state index in [0.717, 1.165) is 28.9 Å². The molecule has 0 spiro atoms. The van der Waals surface area contributed by atoms with Gasteiger partial charge in [0.1, 0.15) is 5.75 Å². The van der Waals surface area contributed by atoms with Crippen LogP contribution in [0.4, 0.5) is 11.4 Å². The van der Waals surface area contributed by atoms with Crippen molar-refractivity contribution in [1.29, 1.82) is 0 Å². The third kappa shape index (κ3) is 6.26. The molecule has 29 heavy (non-hydrogen) atoms. The van der Waals surface area contributed by atoms with Crippen molar-refractivity contribution in [2.75, 3.05) is 17.2 Å². The van der Waals surface area contributed by atoms with E-state index in [4.69, 9.17) is 16.3 Å². The lowest BCUT2D eigenvalue weighted by Crippen LogP contribution is -2.20. The van der Waals surface area contributed by atoms with E-state index in [1.165, 1.54) is 5.56 Å². The Hall–Kier alpha value is -2.98. The van der Waals surface area contributed by atoms with Gasteiger partial charge >= 0.3 is 0 Å². The van der Waals surface area contributed by atoms with Crippen LogP contribution in [-0.2, 0) is 17.8 Å². The summed E-state index contributed by atoms with van der Waals surface area (Å²) in [5.41, 5.74) is 5.28. The number of halogens is 1. The van der Waals surface area contributed by atoms with Crippen LogP contribution in [0.15, 0.2) is 66.7 Å². The van der Waals surface area contributed by atoms with Gasteiger partial charge in [-0.3, -0.25) is 4.79 Å². The fourth-order valence-corrected chi connectivity index (χ4v) is 3.07. The van der Waals surface area contributed by atoms with Crippen molar-refractivity contribution in [3.8, 4) is 5.75 Å². The van der Waals surface area contributed by atoms with E-state index in [0.29, 0.717) is 17.3 Å². The molecule has 0 fully saturated rings. The molecule has 0 aliphatic rings. The monoisotopic (exact) mass is 408 g/mol. The van der Waals surface area contributed by atoms with Crippen molar-refractivity contribution < 1.29 is 9.53 Å². The number of anilines is 2. The Labute approximate surface area is 176 Å². The van der Waals surface area contributed by atoms with Gasteiger partial charge in [0, 0.05) is 17.9 Å². The van der Waals surface area contributed by atoms with Gasteiger partial charge in [-0.2, -0.15) is 0 Å². The smallest absolute Gasteiger partial charge is 0.262 e. The summed E-state index contributed by atoms with van der Waals surface area (Å²) in [6, 6.07) is 21.6. The molecule has 1 amide bonds. The Bertz CT molecular complexity index is 954. The molecule has 150 valence electrons. The molecule has 0 aromatic heterocycles. The van der Waals surface area contributed by atoms with E-state index >= 15 is 0 Å². The van der Waals surface area contributed by atoms with Crippen molar-refractivity contribution in [2.45, 2.75) is 26.8 Å². The molecule has 4 nitrogen and oxygen atoms in total. The third-order valence-corrected chi connectivity index (χ3v) is 4.84. The van der Waals surface area contributed by atoms with Gasteiger partial charge in [-0.05, 0) is 60.9 Å². The van der Waals surface area contributed by atoms with E-state index in [1.807, 2.05) is 43.3 Å². The molecular formula is C24H25ClN2O2. The van der Waals surface area contributed by atoms with Crippen molar-refractivity contribution in [3.63, 3.8) is 0 Å². The normalized spacial score (nSPS) is 10.4. The maximum absolute atomic E-state index is 12.1. The molecular weight excluding hydrogens is 384 g/mol. The van der Waals surface area contributed by atoms with Gasteiger partial charge in [0.05, 0.1) is 5.02 Å². The zero-order chi connectivity index (χ0) is 20.6. The minimum Gasteiger partial charge on any atom is -0.482 e. The minimum atomic E-state index is -0.230. The number of nitrogens with one attached hydrogen (secondary N) is 2. The summed E-state index contributed by atoms with van der Waals surface area (Å²) in [6.07, 6.45) is 1.03. The van der Waals surface area contributed by atoms with Crippen molar-refractivity contribution in [1.82, 2.24) is 0 Å². The van der Waals surface area contributed by atoms with Crippen molar-refractivity contribution >= 4 is 28.9 Å². The van der Waals surface area contributed by atoms with Crippen LogP contribution >= 0.6 is 11.6 Å². The Kier molecular flexibility index (Phi) is 7.14. The zero-order valence-electron chi connectivity index (χ0n) is 16.7. The molecule has 3 aromatic carbocycles. The summed E-state index contributed by atoms with van der Waals surface area (Å²) in [6.45, 7) is 4.69. The topological polar surface area (TPSA) is 50.4 Å². The summed E-state index contributed by atoms with van der Waals surface area (Å²) >= 11 is 6.33. The standard InChI is InChI=1S/C24H25ClN2O2/c1-3-18-6-11-20(12-7-18)26-15-19-8-13-23(22(25)14-19)29-16-24(28)27-21-9-4-17(2)5-10-21/h4-14,26H,3,15-16H2,1-2H3,(H,27,28). The minimum absolute atomic E-state index is 0.102. The molecule has 0 bridgehead atoms. The van der Waals surface area contributed by atoms with Gasteiger partial charge in [-0.25, -0.2) is 0 Å². The number of carbonyl (C=O) groups is 1. The van der Waals surface area contributed by atoms with Crippen LogP contribution in [0.3, 0.4) is 0 Å². The molecule has 3 aromatic rings. The van der Waals surface area contributed by atoms with Crippen molar-refractivity contribution in [3.05, 3.63) is 88.4 Å². The molecule has 0 saturated carbocycles. The number of hydrogen-bond donors (Lipinski definition) is 2. The predicted octanol–water partition coefficient (Wildman–Crippen LogP) is 5.84. The van der Waals surface area contributed by atoms with Crippen LogP contribution in [0.1, 0.15) is 23.6 Å². The van der Waals surface area contributed by atoms with Gasteiger partial charge in [-0.15, -0.1) is 0 Å². The highest BCUT2D eigenvalue weighted by atomic mass is 35.5. The van der Waals surface area contributed by atoms with Gasteiger partial charge in [0.25, 0.3) is 5.91 Å². The Morgan fingerprint density at radius 3 is 2.24 bits per heavy atom. The first-order chi connectivity index (χ1) is 14.0. The average Bonchev–Trinajstić information content (AvgIpc) is 2.73. The second kappa shape index (κ2) is 9.99. The Morgan fingerprint density at radius 2 is 1.59 bits per heavy atom.